The molecule has 0 bridgehead atoms. The van der Waals surface area contributed by atoms with Crippen molar-refractivity contribution in [3.63, 3.8) is 0 Å². The second-order valence-electron chi connectivity index (χ2n) is 20.7. The Labute approximate surface area is 488 Å². The average Bonchev–Trinajstić information content (AvgIpc) is 4.25. The average molecular weight is 1140 g/mol. The van der Waals surface area contributed by atoms with Gasteiger partial charge in [-0.1, -0.05) is 84.7 Å². The molecule has 0 aromatic heterocycles. The number of benzene rings is 5. The number of aliphatic imine (C=N–C) groups is 2. The van der Waals surface area contributed by atoms with Crippen LogP contribution in [0.1, 0.15) is 73.7 Å². The zero-order valence-electron chi connectivity index (χ0n) is 47.3. The Kier molecular flexibility index (Phi) is 19.5. The number of nitrogens with zero attached hydrogens (tertiary/aromatic N) is 4. The first-order chi connectivity index (χ1) is 41.0. The van der Waals surface area contributed by atoms with Crippen molar-refractivity contribution < 1.29 is 61.8 Å². The smallest absolute Gasteiger partial charge is 0.407 e. The van der Waals surface area contributed by atoms with Gasteiger partial charge in [0.1, 0.15) is 19.8 Å². The second-order valence-corrected chi connectivity index (χ2v) is 20.7. The van der Waals surface area contributed by atoms with Crippen LogP contribution in [0.15, 0.2) is 125 Å². The summed E-state index contributed by atoms with van der Waals surface area (Å²) in [5, 5.41) is 5.57. The lowest BCUT2D eigenvalue weighted by Gasteiger charge is -2.20. The molecule has 2 atom stereocenters. The summed E-state index contributed by atoms with van der Waals surface area (Å²) in [6, 6.07) is 28.6. The van der Waals surface area contributed by atoms with E-state index in [4.69, 9.17) is 42.6 Å². The van der Waals surface area contributed by atoms with E-state index < -0.39 is 6.09 Å². The molecule has 19 heteroatoms. The molecule has 5 aliphatic rings. The van der Waals surface area contributed by atoms with Crippen LogP contribution in [0.3, 0.4) is 0 Å². The maximum absolute atomic E-state index is 13.6. The van der Waals surface area contributed by atoms with E-state index in [1.54, 1.807) is 46.5 Å². The van der Waals surface area contributed by atoms with Gasteiger partial charge >= 0.3 is 6.09 Å². The van der Waals surface area contributed by atoms with Crippen molar-refractivity contribution in [1.29, 1.82) is 0 Å². The third kappa shape index (κ3) is 14.3. The van der Waals surface area contributed by atoms with Gasteiger partial charge in [0.05, 0.1) is 108 Å². The molecular weight excluding hydrogens is 1070 g/mol. The van der Waals surface area contributed by atoms with Crippen LogP contribution in [-0.2, 0) is 41.7 Å². The zero-order valence-corrected chi connectivity index (χ0v) is 47.3. The predicted octanol–water partition coefficient (Wildman–Crippen LogP) is 8.30. The Balaban J connectivity index is 0.647. The summed E-state index contributed by atoms with van der Waals surface area (Å²) in [5.41, 5.74) is 10.6. The summed E-state index contributed by atoms with van der Waals surface area (Å²) in [6.07, 6.45) is 4.54. The van der Waals surface area contributed by atoms with E-state index in [-0.39, 0.29) is 75.1 Å². The van der Waals surface area contributed by atoms with Gasteiger partial charge in [-0.3, -0.25) is 24.4 Å². The number of rotatable bonds is 26. The molecule has 4 amide bonds. The first-order valence-corrected chi connectivity index (χ1v) is 28.0. The van der Waals surface area contributed by atoms with Crippen molar-refractivity contribution in [2.24, 2.45) is 9.98 Å². The maximum Gasteiger partial charge on any atom is 0.407 e. The molecule has 0 unspecified atom stereocenters. The van der Waals surface area contributed by atoms with Gasteiger partial charge < -0.3 is 63.1 Å². The Bertz CT molecular complexity index is 3240. The summed E-state index contributed by atoms with van der Waals surface area (Å²) in [7, 11) is 3.04. The number of methoxy groups -OCH3 is 2. The molecule has 19 nitrogen and oxygen atoms in total. The number of nitrogens with one attached hydrogen (secondary N) is 2. The monoisotopic (exact) mass is 1140 g/mol. The molecule has 436 valence electrons. The molecule has 0 spiro atoms. The highest BCUT2D eigenvalue weighted by Gasteiger charge is 2.36. The van der Waals surface area contributed by atoms with Crippen molar-refractivity contribution in [3.05, 3.63) is 154 Å². The summed E-state index contributed by atoms with van der Waals surface area (Å²) in [4.78, 5) is 65.2. The number of fused-ring (bicyclic) bond motifs is 7. The Morgan fingerprint density at radius 1 is 0.607 bits per heavy atom. The van der Waals surface area contributed by atoms with Crippen molar-refractivity contribution in [3.8, 4) is 46.0 Å². The molecule has 84 heavy (non-hydrogen) atoms. The lowest BCUT2D eigenvalue weighted by molar-refractivity contribution is -0.122. The minimum absolute atomic E-state index is 0.00126. The lowest BCUT2D eigenvalue weighted by atomic mass is 9.98. The Hall–Kier alpha value is -8.80. The van der Waals surface area contributed by atoms with Gasteiger partial charge in [0, 0.05) is 62.1 Å². The van der Waals surface area contributed by atoms with E-state index in [0.717, 1.165) is 33.4 Å². The highest BCUT2D eigenvalue weighted by atomic mass is 16.6. The quantitative estimate of drug-likeness (QED) is 0.0304. The van der Waals surface area contributed by atoms with E-state index in [2.05, 4.69) is 69.9 Å². The number of alkyl carbamates (subject to hydrolysis) is 1. The molecule has 2 N–H and O–H groups in total. The van der Waals surface area contributed by atoms with Gasteiger partial charge in [0.2, 0.25) is 5.91 Å². The molecule has 4 aliphatic heterocycles. The molecule has 0 radical (unpaired) electrons. The van der Waals surface area contributed by atoms with Crippen LogP contribution in [0.4, 0.5) is 16.2 Å². The maximum atomic E-state index is 13.6. The standard InChI is InChI=1S/C65H68N6O13/c1-42-26-47-35-68-56-33-60(58(76-3)31-53(56)63(73)70(47)37-42)82-39-45-28-44(29-46(30-45)40-83-61-34-57-54(32-59(61)77-4)64(74)71-38-43(2)27-48(71)36-69-57)10-9-16-66-62(72)15-18-78-20-22-80-24-25-81-23-21-79-19-17-67-65(75)84-41-55-51-13-7-5-11-49(51)50-12-6-8-14-52(50)55/h5-8,11-14,28-36,47-48,55H,1-2,15-27,37-41H2,3-4H3,(H,66,72)(H,67,75)/t47-,48-/m0/s1. The topological polar surface area (TPSA) is 207 Å². The van der Waals surface area contributed by atoms with Crippen LogP contribution in [0, 0.1) is 11.8 Å². The first kappa shape index (κ1) is 58.4. The van der Waals surface area contributed by atoms with Crippen LogP contribution >= 0.6 is 0 Å². The fourth-order valence-corrected chi connectivity index (χ4v) is 10.7. The number of carbonyl (C=O) groups is 4. The van der Waals surface area contributed by atoms with Crippen molar-refractivity contribution in [1.82, 2.24) is 20.4 Å². The molecule has 1 aliphatic carbocycles. The molecule has 4 heterocycles. The van der Waals surface area contributed by atoms with E-state index >= 15 is 0 Å². The number of carbonyl (C=O) groups excluding carboxylic acids is 4. The predicted molar refractivity (Wildman–Crippen MR) is 315 cm³/mol. The molecule has 10 rings (SSSR count). The largest absolute Gasteiger partial charge is 0.493 e. The van der Waals surface area contributed by atoms with Crippen molar-refractivity contribution in [2.45, 2.75) is 50.5 Å². The van der Waals surface area contributed by atoms with Gasteiger partial charge in [-0.25, -0.2) is 4.79 Å². The van der Waals surface area contributed by atoms with Gasteiger partial charge in [0.25, 0.3) is 11.8 Å². The minimum Gasteiger partial charge on any atom is -0.493 e. The molecular formula is C65H68N6O13. The Morgan fingerprint density at radius 2 is 1.11 bits per heavy atom. The number of ether oxygens (including phenoxy) is 9. The molecule has 2 saturated heterocycles. The summed E-state index contributed by atoms with van der Waals surface area (Å²) in [5.74, 6) is 7.26. The summed E-state index contributed by atoms with van der Waals surface area (Å²) in [6.45, 7) is 12.6. The van der Waals surface area contributed by atoms with Crippen LogP contribution in [-0.4, -0.2) is 158 Å². The number of amides is 4. The normalized spacial score (nSPS) is 16.3. The van der Waals surface area contributed by atoms with Crippen molar-refractivity contribution >= 4 is 47.6 Å². The zero-order chi connectivity index (χ0) is 58.4. The molecule has 0 saturated carbocycles. The molecule has 2 fully saturated rings. The lowest BCUT2D eigenvalue weighted by Crippen LogP contribution is -2.35. The molecule has 5 aromatic carbocycles. The highest BCUT2D eigenvalue weighted by molar-refractivity contribution is 6.05. The summed E-state index contributed by atoms with van der Waals surface area (Å²) >= 11 is 0. The summed E-state index contributed by atoms with van der Waals surface area (Å²) < 4.78 is 52.1. The van der Waals surface area contributed by atoms with Crippen LogP contribution in [0.2, 0.25) is 0 Å². The fraction of sp³-hybridized carbons (Fsp3) is 0.354. The Morgan fingerprint density at radius 3 is 1.63 bits per heavy atom. The first-order valence-electron chi connectivity index (χ1n) is 28.0. The third-order valence-electron chi connectivity index (χ3n) is 14.8. The molecule has 5 aromatic rings. The van der Waals surface area contributed by atoms with Crippen LogP contribution in [0.25, 0.3) is 11.1 Å². The number of hydrogen-bond acceptors (Lipinski definition) is 15. The van der Waals surface area contributed by atoms with Gasteiger partial charge in [-0.05, 0) is 76.6 Å². The fourth-order valence-electron chi connectivity index (χ4n) is 10.7. The highest BCUT2D eigenvalue weighted by Crippen LogP contribution is 2.45. The van der Waals surface area contributed by atoms with Crippen LogP contribution in [0.5, 0.6) is 23.0 Å². The van der Waals surface area contributed by atoms with Crippen LogP contribution < -0.4 is 29.6 Å². The van der Waals surface area contributed by atoms with Crippen molar-refractivity contribution in [2.75, 3.05) is 99.9 Å². The van der Waals surface area contributed by atoms with Gasteiger partial charge in [0.15, 0.2) is 23.0 Å². The third-order valence-corrected chi connectivity index (χ3v) is 14.8. The minimum atomic E-state index is -0.484. The SMILES string of the molecule is C=C1C[C@H]2C=Nc3cc(OCc4cc(C#CCNC(=O)CCOCCOCCOCCOCCNC(=O)OCC5c6ccccc6-c6ccccc65)cc(COc5cc6c(cc5OC)C(=O)N5CC(=C)C[C@H]5C=N6)c4)c(OC)cc3C(=O)N2C1. The van der Waals surface area contributed by atoms with Gasteiger partial charge in [-0.2, -0.15) is 0 Å². The second kappa shape index (κ2) is 28.0. The van der Waals surface area contributed by atoms with Gasteiger partial charge in [-0.15, -0.1) is 0 Å². The van der Waals surface area contributed by atoms with E-state index in [1.165, 1.54) is 25.3 Å². The van der Waals surface area contributed by atoms with E-state index in [0.29, 0.717) is 130 Å². The van der Waals surface area contributed by atoms with E-state index in [9.17, 15) is 19.2 Å². The van der Waals surface area contributed by atoms with E-state index in [1.807, 2.05) is 42.5 Å². The number of hydrogen-bond donors (Lipinski definition) is 2.